The number of nitrogens with one attached hydrogen (secondary N) is 1. The van der Waals surface area contributed by atoms with Crippen LogP contribution >= 0.6 is 0 Å². The van der Waals surface area contributed by atoms with Crippen molar-refractivity contribution in [3.8, 4) is 0 Å². The molecule has 0 radical (unpaired) electrons. The van der Waals surface area contributed by atoms with Crippen LogP contribution in [0.15, 0.2) is 24.4 Å². The number of imidazole rings is 1. The van der Waals surface area contributed by atoms with Gasteiger partial charge in [-0.25, -0.2) is 19.3 Å². The van der Waals surface area contributed by atoms with Gasteiger partial charge in [-0.05, 0) is 31.5 Å². The fourth-order valence-electron chi connectivity index (χ4n) is 2.47. The quantitative estimate of drug-likeness (QED) is 0.804. The van der Waals surface area contributed by atoms with Gasteiger partial charge in [-0.3, -0.25) is 0 Å². The zero-order valence-electron chi connectivity index (χ0n) is 12.9. The number of aromatic nitrogens is 4. The number of hydrogen-bond acceptors (Lipinski definition) is 4. The number of aryl methyl sites for hydroxylation is 2. The van der Waals surface area contributed by atoms with E-state index < -0.39 is 0 Å². The maximum Gasteiger partial charge on any atom is 0.135 e. The van der Waals surface area contributed by atoms with Gasteiger partial charge in [0.25, 0.3) is 0 Å². The van der Waals surface area contributed by atoms with Crippen LogP contribution in [0.2, 0.25) is 0 Å². The summed E-state index contributed by atoms with van der Waals surface area (Å²) in [6.07, 6.45) is 2.73. The Morgan fingerprint density at radius 2 is 2.09 bits per heavy atom. The summed E-state index contributed by atoms with van der Waals surface area (Å²) in [7, 11) is 1.97. The summed E-state index contributed by atoms with van der Waals surface area (Å²) in [5.74, 6) is 2.16. The molecule has 0 spiro atoms. The van der Waals surface area contributed by atoms with E-state index in [0.29, 0.717) is 12.1 Å². The standard InChI is InChI=1S/C16H18FN5/c1-4-11-8-18-10(2)19-16(11)22(3)9-15-20-13-6-5-12(17)7-14(13)21-15/h5-8H,4,9H2,1-3H3,(H,20,21). The van der Waals surface area contributed by atoms with Gasteiger partial charge in [-0.2, -0.15) is 0 Å². The Hall–Kier alpha value is -2.50. The topological polar surface area (TPSA) is 57.7 Å². The second-order valence-electron chi connectivity index (χ2n) is 5.32. The normalized spacial score (nSPS) is 11.1. The van der Waals surface area contributed by atoms with Gasteiger partial charge < -0.3 is 9.88 Å². The van der Waals surface area contributed by atoms with Crippen LogP contribution in [0.4, 0.5) is 10.2 Å². The summed E-state index contributed by atoms with van der Waals surface area (Å²) >= 11 is 0. The van der Waals surface area contributed by atoms with Crippen molar-refractivity contribution in [2.75, 3.05) is 11.9 Å². The first kappa shape index (κ1) is 14.4. The predicted octanol–water partition coefficient (Wildman–Crippen LogP) is 3.00. The van der Waals surface area contributed by atoms with E-state index in [1.165, 1.54) is 12.1 Å². The van der Waals surface area contributed by atoms with Gasteiger partial charge >= 0.3 is 0 Å². The van der Waals surface area contributed by atoms with Crippen LogP contribution in [-0.4, -0.2) is 27.0 Å². The maximum atomic E-state index is 13.2. The van der Waals surface area contributed by atoms with Crippen molar-refractivity contribution in [2.45, 2.75) is 26.8 Å². The molecule has 0 amide bonds. The molecule has 1 N–H and O–H groups in total. The third-order valence-electron chi connectivity index (χ3n) is 3.58. The molecule has 2 heterocycles. The fraction of sp³-hybridized carbons (Fsp3) is 0.312. The Kier molecular flexibility index (Phi) is 3.75. The number of anilines is 1. The fourth-order valence-corrected chi connectivity index (χ4v) is 2.47. The number of benzene rings is 1. The third kappa shape index (κ3) is 2.77. The van der Waals surface area contributed by atoms with Crippen LogP contribution in [0.5, 0.6) is 0 Å². The number of H-pyrrole nitrogens is 1. The van der Waals surface area contributed by atoms with E-state index >= 15 is 0 Å². The lowest BCUT2D eigenvalue weighted by molar-refractivity contribution is 0.629. The van der Waals surface area contributed by atoms with Gasteiger partial charge in [0.2, 0.25) is 0 Å². The van der Waals surface area contributed by atoms with Gasteiger partial charge in [-0.15, -0.1) is 0 Å². The lowest BCUT2D eigenvalue weighted by atomic mass is 10.2. The van der Waals surface area contributed by atoms with E-state index in [4.69, 9.17) is 0 Å². The van der Waals surface area contributed by atoms with Crippen LogP contribution in [0.25, 0.3) is 11.0 Å². The Balaban J connectivity index is 1.89. The highest BCUT2D eigenvalue weighted by molar-refractivity contribution is 5.75. The zero-order valence-corrected chi connectivity index (χ0v) is 12.9. The molecule has 0 fully saturated rings. The predicted molar refractivity (Wildman–Crippen MR) is 84.3 cm³/mol. The minimum atomic E-state index is -0.268. The van der Waals surface area contributed by atoms with Crippen molar-refractivity contribution < 1.29 is 4.39 Å². The van der Waals surface area contributed by atoms with E-state index in [9.17, 15) is 4.39 Å². The van der Waals surface area contributed by atoms with Crippen LogP contribution in [0, 0.1) is 12.7 Å². The number of nitrogens with zero attached hydrogens (tertiary/aromatic N) is 4. The van der Waals surface area contributed by atoms with E-state index in [1.807, 2.05) is 25.1 Å². The summed E-state index contributed by atoms with van der Waals surface area (Å²) in [4.78, 5) is 18.4. The molecule has 0 aliphatic heterocycles. The molecule has 3 aromatic rings. The van der Waals surface area contributed by atoms with Crippen LogP contribution in [0.3, 0.4) is 0 Å². The Morgan fingerprint density at radius 3 is 2.86 bits per heavy atom. The van der Waals surface area contributed by atoms with Crippen molar-refractivity contribution in [2.24, 2.45) is 0 Å². The van der Waals surface area contributed by atoms with Crippen LogP contribution in [-0.2, 0) is 13.0 Å². The average Bonchev–Trinajstić information content (AvgIpc) is 2.88. The highest BCUT2D eigenvalue weighted by Crippen LogP contribution is 2.19. The molecule has 2 aromatic heterocycles. The third-order valence-corrected chi connectivity index (χ3v) is 3.58. The van der Waals surface area contributed by atoms with Crippen LogP contribution < -0.4 is 4.90 Å². The van der Waals surface area contributed by atoms with Crippen LogP contribution in [0.1, 0.15) is 24.1 Å². The molecule has 0 unspecified atom stereocenters. The Morgan fingerprint density at radius 1 is 1.27 bits per heavy atom. The van der Waals surface area contributed by atoms with Crippen molar-refractivity contribution in [1.82, 2.24) is 19.9 Å². The van der Waals surface area contributed by atoms with E-state index in [2.05, 4.69) is 26.9 Å². The monoisotopic (exact) mass is 299 g/mol. The van der Waals surface area contributed by atoms with Gasteiger partial charge in [0.05, 0.1) is 17.6 Å². The van der Waals surface area contributed by atoms with Gasteiger partial charge in [-0.1, -0.05) is 6.92 Å². The molecule has 3 rings (SSSR count). The summed E-state index contributed by atoms with van der Waals surface area (Å²) in [5.41, 5.74) is 2.56. The molecule has 6 heteroatoms. The molecule has 5 nitrogen and oxygen atoms in total. The van der Waals surface area contributed by atoms with Gasteiger partial charge in [0.1, 0.15) is 23.3 Å². The molecule has 0 saturated heterocycles. The molecular formula is C16H18FN5. The second-order valence-corrected chi connectivity index (χ2v) is 5.32. The van der Waals surface area contributed by atoms with Gasteiger partial charge in [0, 0.05) is 18.8 Å². The van der Waals surface area contributed by atoms with E-state index in [0.717, 1.165) is 35.0 Å². The lowest BCUT2D eigenvalue weighted by Crippen LogP contribution is -2.20. The first-order valence-electron chi connectivity index (χ1n) is 7.24. The minimum absolute atomic E-state index is 0.268. The van der Waals surface area contributed by atoms with Crippen molar-refractivity contribution in [1.29, 1.82) is 0 Å². The number of fused-ring (bicyclic) bond motifs is 1. The highest BCUT2D eigenvalue weighted by Gasteiger charge is 2.12. The maximum absolute atomic E-state index is 13.2. The molecule has 0 saturated carbocycles. The molecule has 114 valence electrons. The van der Waals surface area contributed by atoms with E-state index in [-0.39, 0.29) is 5.82 Å². The molecule has 0 atom stereocenters. The Labute approximate surface area is 128 Å². The molecular weight excluding hydrogens is 281 g/mol. The molecule has 0 aliphatic carbocycles. The first-order valence-corrected chi connectivity index (χ1v) is 7.24. The number of halogens is 1. The number of hydrogen-bond donors (Lipinski definition) is 1. The van der Waals surface area contributed by atoms with Gasteiger partial charge in [0.15, 0.2) is 0 Å². The largest absolute Gasteiger partial charge is 0.352 e. The van der Waals surface area contributed by atoms with Crippen molar-refractivity contribution in [3.05, 3.63) is 47.4 Å². The smallest absolute Gasteiger partial charge is 0.135 e. The van der Waals surface area contributed by atoms with Crippen molar-refractivity contribution >= 4 is 16.9 Å². The molecule has 1 aromatic carbocycles. The zero-order chi connectivity index (χ0) is 15.7. The Bertz CT molecular complexity index is 811. The molecule has 0 aliphatic rings. The minimum Gasteiger partial charge on any atom is -0.352 e. The summed E-state index contributed by atoms with van der Waals surface area (Å²) in [6.45, 7) is 4.52. The SMILES string of the molecule is CCc1cnc(C)nc1N(C)Cc1nc2ccc(F)cc2[nH]1. The molecule has 22 heavy (non-hydrogen) atoms. The average molecular weight is 299 g/mol. The second kappa shape index (κ2) is 5.71. The van der Waals surface area contributed by atoms with E-state index in [1.54, 1.807) is 6.07 Å². The van der Waals surface area contributed by atoms with Crippen molar-refractivity contribution in [3.63, 3.8) is 0 Å². The summed E-state index contributed by atoms with van der Waals surface area (Å²) in [5, 5.41) is 0. The highest BCUT2D eigenvalue weighted by atomic mass is 19.1. The summed E-state index contributed by atoms with van der Waals surface area (Å²) in [6, 6.07) is 4.55. The number of aromatic amines is 1. The number of rotatable bonds is 4. The molecule has 0 bridgehead atoms. The first-order chi connectivity index (χ1) is 10.6. The summed E-state index contributed by atoms with van der Waals surface area (Å²) < 4.78 is 13.2. The lowest BCUT2D eigenvalue weighted by Gasteiger charge is -2.19.